The van der Waals surface area contributed by atoms with Crippen LogP contribution >= 0.6 is 0 Å². The second-order valence-corrected chi connectivity index (χ2v) is 5.21. The molecule has 1 aromatic heterocycles. The maximum Gasteiger partial charge on any atom is 0.323 e. The van der Waals surface area contributed by atoms with Crippen molar-refractivity contribution >= 4 is 12.1 Å². The Morgan fingerprint density at radius 1 is 0.923 bits per heavy atom. The summed E-state index contributed by atoms with van der Waals surface area (Å²) < 4.78 is 11.3. The number of para-hydroxylation sites is 2. The number of hydrogen-bond donors (Lipinski definition) is 1. The fourth-order valence-electron chi connectivity index (χ4n) is 2.05. The first-order chi connectivity index (χ1) is 12.8. The summed E-state index contributed by atoms with van der Waals surface area (Å²) in [6, 6.07) is 21.5. The molecule has 1 N–H and O–H groups in total. The molecule has 6 heteroatoms. The van der Waals surface area contributed by atoms with Crippen molar-refractivity contribution in [3.8, 4) is 11.5 Å². The smallest absolute Gasteiger partial charge is 0.323 e. The number of rotatable bonds is 7. The van der Waals surface area contributed by atoms with Gasteiger partial charge in [0.15, 0.2) is 0 Å². The van der Waals surface area contributed by atoms with Gasteiger partial charge in [0.25, 0.3) is 0 Å². The molecule has 0 fully saturated rings. The molecule has 0 saturated carbocycles. The lowest BCUT2D eigenvalue weighted by Gasteiger charge is -2.18. The molecule has 1 amide bonds. The van der Waals surface area contributed by atoms with Gasteiger partial charge < -0.3 is 9.47 Å². The zero-order valence-electron chi connectivity index (χ0n) is 13.9. The van der Waals surface area contributed by atoms with E-state index < -0.39 is 12.2 Å². The number of nitrogens with one attached hydrogen (secondary N) is 1. The largest absolute Gasteiger partial charge is 0.446 e. The van der Waals surface area contributed by atoms with Crippen LogP contribution in [-0.4, -0.2) is 23.4 Å². The topological polar surface area (TPSA) is 72.8 Å². The minimum absolute atomic E-state index is 0.514. The van der Waals surface area contributed by atoms with Crippen LogP contribution in [0.4, 0.5) is 0 Å². The summed E-state index contributed by atoms with van der Waals surface area (Å²) in [7, 11) is 0. The van der Waals surface area contributed by atoms with E-state index in [0.717, 1.165) is 5.56 Å². The normalized spacial score (nSPS) is 10.7. The molecule has 6 nitrogen and oxygen atoms in total. The third kappa shape index (κ3) is 5.17. The summed E-state index contributed by atoms with van der Waals surface area (Å²) in [6.45, 7) is 0. The van der Waals surface area contributed by atoms with E-state index in [0.29, 0.717) is 11.5 Å². The second-order valence-electron chi connectivity index (χ2n) is 5.21. The second kappa shape index (κ2) is 8.98. The highest BCUT2D eigenvalue weighted by Gasteiger charge is 2.22. The van der Waals surface area contributed by atoms with E-state index in [-0.39, 0.29) is 0 Å². The predicted octanol–water partition coefficient (Wildman–Crippen LogP) is 3.02. The van der Waals surface area contributed by atoms with Gasteiger partial charge in [-0.3, -0.25) is 9.78 Å². The lowest BCUT2D eigenvalue weighted by atomic mass is 10.3. The molecule has 0 spiro atoms. The van der Waals surface area contributed by atoms with E-state index in [4.69, 9.17) is 9.47 Å². The maximum atomic E-state index is 12.5. The van der Waals surface area contributed by atoms with E-state index >= 15 is 0 Å². The van der Waals surface area contributed by atoms with Crippen molar-refractivity contribution in [2.45, 2.75) is 6.29 Å². The molecule has 0 saturated heterocycles. The number of ether oxygens (including phenoxy) is 2. The Kier molecular flexibility index (Phi) is 5.93. The van der Waals surface area contributed by atoms with Crippen LogP contribution in [0, 0.1) is 0 Å². The van der Waals surface area contributed by atoms with Gasteiger partial charge in [0.2, 0.25) is 0 Å². The summed E-state index contributed by atoms with van der Waals surface area (Å²) in [5, 5.41) is 3.92. The monoisotopic (exact) mass is 347 g/mol. The molecule has 0 bridgehead atoms. The zero-order valence-corrected chi connectivity index (χ0v) is 13.9. The zero-order chi connectivity index (χ0) is 18.0. The molecule has 0 atom stereocenters. The van der Waals surface area contributed by atoms with Crippen molar-refractivity contribution in [1.29, 1.82) is 0 Å². The average molecular weight is 347 g/mol. The van der Waals surface area contributed by atoms with Gasteiger partial charge in [-0.15, -0.1) is 0 Å². The predicted molar refractivity (Wildman–Crippen MR) is 97.9 cm³/mol. The van der Waals surface area contributed by atoms with Gasteiger partial charge >= 0.3 is 12.2 Å². The number of carbonyl (C=O) groups is 1. The summed E-state index contributed by atoms with van der Waals surface area (Å²) in [5.41, 5.74) is 3.19. The number of hydrazone groups is 1. The standard InChI is InChI=1S/C20H17N3O3/c24-19(23-22-15-16-8-7-13-21-14-16)20(25-17-9-3-1-4-10-17)26-18-11-5-2-6-12-18/h1-15,20H,(H,23,24)/b22-15-. The molecule has 130 valence electrons. The highest BCUT2D eigenvalue weighted by molar-refractivity contribution is 5.83. The van der Waals surface area contributed by atoms with Crippen LogP contribution in [0.3, 0.4) is 0 Å². The number of pyridine rings is 1. The Morgan fingerprint density at radius 3 is 2.08 bits per heavy atom. The summed E-state index contributed by atoms with van der Waals surface area (Å²) >= 11 is 0. The Hall–Kier alpha value is -3.67. The minimum atomic E-state index is -1.19. The third-order valence-corrected chi connectivity index (χ3v) is 3.26. The van der Waals surface area contributed by atoms with Crippen LogP contribution in [0.2, 0.25) is 0 Å². The first kappa shape index (κ1) is 17.2. The maximum absolute atomic E-state index is 12.5. The fraction of sp³-hybridized carbons (Fsp3) is 0.0500. The van der Waals surface area contributed by atoms with Crippen molar-refractivity contribution in [2.75, 3.05) is 0 Å². The molecule has 0 aliphatic carbocycles. The van der Waals surface area contributed by atoms with E-state index in [9.17, 15) is 4.79 Å². The molecule has 3 aromatic rings. The van der Waals surface area contributed by atoms with Crippen LogP contribution in [0.15, 0.2) is 90.3 Å². The number of benzene rings is 2. The van der Waals surface area contributed by atoms with Gasteiger partial charge in [-0.2, -0.15) is 5.10 Å². The fourth-order valence-corrected chi connectivity index (χ4v) is 2.05. The Morgan fingerprint density at radius 2 is 1.54 bits per heavy atom. The lowest BCUT2D eigenvalue weighted by Crippen LogP contribution is -2.40. The minimum Gasteiger partial charge on any atom is -0.446 e. The molecule has 0 aliphatic rings. The SMILES string of the molecule is O=C(N/N=C\c1cccnc1)C(Oc1ccccc1)Oc1ccccc1. The van der Waals surface area contributed by atoms with Crippen LogP contribution < -0.4 is 14.9 Å². The number of aromatic nitrogens is 1. The van der Waals surface area contributed by atoms with Crippen molar-refractivity contribution in [3.63, 3.8) is 0 Å². The molecule has 1 heterocycles. The summed E-state index contributed by atoms with van der Waals surface area (Å²) in [5.74, 6) is 0.498. The number of nitrogens with zero attached hydrogens (tertiary/aromatic N) is 2. The van der Waals surface area contributed by atoms with Crippen LogP contribution in [0.1, 0.15) is 5.56 Å². The molecule has 0 unspecified atom stereocenters. The molecule has 0 radical (unpaired) electrons. The number of hydrogen-bond acceptors (Lipinski definition) is 5. The summed E-state index contributed by atoms with van der Waals surface area (Å²) in [4.78, 5) is 16.4. The molecular weight excluding hydrogens is 330 g/mol. The van der Waals surface area contributed by atoms with Crippen LogP contribution in [0.25, 0.3) is 0 Å². The molecule has 3 rings (SSSR count). The van der Waals surface area contributed by atoms with E-state index in [1.165, 1.54) is 6.21 Å². The van der Waals surface area contributed by atoms with Crippen molar-refractivity contribution < 1.29 is 14.3 Å². The van der Waals surface area contributed by atoms with E-state index in [1.54, 1.807) is 42.7 Å². The Labute approximate surface area is 151 Å². The van der Waals surface area contributed by atoms with Gasteiger partial charge in [-0.05, 0) is 30.3 Å². The average Bonchev–Trinajstić information content (AvgIpc) is 2.70. The summed E-state index contributed by atoms with van der Waals surface area (Å²) in [6.07, 6.45) is 3.60. The number of amides is 1. The van der Waals surface area contributed by atoms with E-state index in [1.807, 2.05) is 42.5 Å². The van der Waals surface area contributed by atoms with Crippen molar-refractivity contribution in [3.05, 3.63) is 90.8 Å². The van der Waals surface area contributed by atoms with Gasteiger partial charge in [0.05, 0.1) is 6.21 Å². The molecule has 0 aliphatic heterocycles. The highest BCUT2D eigenvalue weighted by Crippen LogP contribution is 2.16. The molecular formula is C20H17N3O3. The van der Waals surface area contributed by atoms with Crippen molar-refractivity contribution in [1.82, 2.24) is 10.4 Å². The molecule has 2 aromatic carbocycles. The Bertz CT molecular complexity index is 798. The van der Waals surface area contributed by atoms with Crippen LogP contribution in [-0.2, 0) is 4.79 Å². The number of carbonyl (C=O) groups excluding carboxylic acids is 1. The lowest BCUT2D eigenvalue weighted by molar-refractivity contribution is -0.140. The van der Waals surface area contributed by atoms with E-state index in [2.05, 4.69) is 15.5 Å². The quantitative estimate of drug-likeness (QED) is 0.405. The van der Waals surface area contributed by atoms with Gasteiger partial charge in [0, 0.05) is 18.0 Å². The van der Waals surface area contributed by atoms with Gasteiger partial charge in [0.1, 0.15) is 11.5 Å². The van der Waals surface area contributed by atoms with Crippen LogP contribution in [0.5, 0.6) is 11.5 Å². The first-order valence-corrected chi connectivity index (χ1v) is 7.97. The highest BCUT2D eigenvalue weighted by atomic mass is 16.7. The molecule has 26 heavy (non-hydrogen) atoms. The van der Waals surface area contributed by atoms with Crippen molar-refractivity contribution in [2.24, 2.45) is 5.10 Å². The first-order valence-electron chi connectivity index (χ1n) is 7.97. The third-order valence-electron chi connectivity index (χ3n) is 3.26. The van der Waals surface area contributed by atoms with Gasteiger partial charge in [-0.1, -0.05) is 42.5 Å². The Balaban J connectivity index is 1.69. The van der Waals surface area contributed by atoms with Gasteiger partial charge in [-0.25, -0.2) is 5.43 Å².